The van der Waals surface area contributed by atoms with Gasteiger partial charge in [-0.15, -0.1) is 0 Å². The Morgan fingerprint density at radius 2 is 2.14 bits per heavy atom. The molecule has 0 atom stereocenters. The summed E-state index contributed by atoms with van der Waals surface area (Å²) >= 11 is 0. The standard InChI is InChI=1S/C13H15N5O3/c1-7-11(9(3)21-16-7)6-17-5-10(4-14-17)18-12(19)8(2)15-13(18)20/h4-5,19H,6H2,1-3H3,(H,15,20). The van der Waals surface area contributed by atoms with E-state index in [4.69, 9.17) is 4.52 Å². The van der Waals surface area contributed by atoms with Gasteiger partial charge in [0, 0.05) is 11.8 Å². The number of H-pyrrole nitrogens is 1. The molecule has 3 heterocycles. The number of rotatable bonds is 3. The third-order valence-electron chi connectivity index (χ3n) is 3.42. The molecule has 3 aromatic heterocycles. The van der Waals surface area contributed by atoms with E-state index in [1.807, 2.05) is 13.8 Å². The molecule has 0 unspecified atom stereocenters. The summed E-state index contributed by atoms with van der Waals surface area (Å²) in [6.07, 6.45) is 3.20. The number of aromatic hydroxyl groups is 1. The summed E-state index contributed by atoms with van der Waals surface area (Å²) in [5.74, 6) is 0.624. The highest BCUT2D eigenvalue weighted by Crippen LogP contribution is 2.18. The minimum absolute atomic E-state index is 0.114. The Morgan fingerprint density at radius 3 is 2.71 bits per heavy atom. The lowest BCUT2D eigenvalue weighted by Gasteiger charge is -2.01. The summed E-state index contributed by atoms with van der Waals surface area (Å²) in [7, 11) is 0. The summed E-state index contributed by atoms with van der Waals surface area (Å²) in [6, 6.07) is 0. The van der Waals surface area contributed by atoms with Crippen LogP contribution in [0.15, 0.2) is 21.7 Å². The van der Waals surface area contributed by atoms with Crippen LogP contribution in [0.4, 0.5) is 0 Å². The molecule has 8 heteroatoms. The molecular formula is C13H15N5O3. The molecule has 0 aliphatic rings. The van der Waals surface area contributed by atoms with Crippen molar-refractivity contribution in [3.63, 3.8) is 0 Å². The molecule has 21 heavy (non-hydrogen) atoms. The number of nitrogens with zero attached hydrogens (tertiary/aromatic N) is 4. The summed E-state index contributed by atoms with van der Waals surface area (Å²) in [5, 5.41) is 18.0. The maximum atomic E-state index is 11.8. The molecular weight excluding hydrogens is 274 g/mol. The Bertz CT molecular complexity index is 832. The highest BCUT2D eigenvalue weighted by molar-refractivity contribution is 5.34. The topological polar surface area (TPSA) is 102 Å². The van der Waals surface area contributed by atoms with Crippen molar-refractivity contribution in [2.24, 2.45) is 0 Å². The molecule has 8 nitrogen and oxygen atoms in total. The molecule has 3 aromatic rings. The monoisotopic (exact) mass is 289 g/mol. The van der Waals surface area contributed by atoms with Crippen LogP contribution in [0.1, 0.15) is 22.7 Å². The molecule has 0 aliphatic heterocycles. The number of hydrogen-bond donors (Lipinski definition) is 2. The second-order valence-corrected chi connectivity index (χ2v) is 4.91. The predicted octanol–water partition coefficient (Wildman–Crippen LogP) is 1.03. The van der Waals surface area contributed by atoms with E-state index in [1.54, 1.807) is 17.8 Å². The van der Waals surface area contributed by atoms with E-state index in [9.17, 15) is 9.90 Å². The fraction of sp³-hybridized carbons (Fsp3) is 0.308. The van der Waals surface area contributed by atoms with E-state index >= 15 is 0 Å². The summed E-state index contributed by atoms with van der Waals surface area (Å²) < 4.78 is 7.94. The van der Waals surface area contributed by atoms with Crippen molar-refractivity contribution in [1.29, 1.82) is 0 Å². The average Bonchev–Trinajstić information content (AvgIpc) is 3.07. The highest BCUT2D eigenvalue weighted by atomic mass is 16.5. The van der Waals surface area contributed by atoms with Crippen molar-refractivity contribution < 1.29 is 9.63 Å². The Labute approximate surface area is 119 Å². The number of nitrogens with one attached hydrogen (secondary N) is 1. The van der Waals surface area contributed by atoms with Crippen molar-refractivity contribution in [1.82, 2.24) is 24.5 Å². The Balaban J connectivity index is 1.96. The van der Waals surface area contributed by atoms with Crippen LogP contribution in [0, 0.1) is 20.8 Å². The van der Waals surface area contributed by atoms with Gasteiger partial charge in [-0.3, -0.25) is 4.68 Å². The second kappa shape index (κ2) is 4.65. The molecule has 0 spiro atoms. The first-order chi connectivity index (χ1) is 9.97. The maximum Gasteiger partial charge on any atom is 0.333 e. The van der Waals surface area contributed by atoms with Crippen molar-refractivity contribution in [2.45, 2.75) is 27.3 Å². The van der Waals surface area contributed by atoms with E-state index < -0.39 is 5.69 Å². The molecule has 2 N–H and O–H groups in total. The average molecular weight is 289 g/mol. The minimum Gasteiger partial charge on any atom is -0.493 e. The van der Waals surface area contributed by atoms with Crippen molar-refractivity contribution in [3.8, 4) is 11.6 Å². The highest BCUT2D eigenvalue weighted by Gasteiger charge is 2.14. The van der Waals surface area contributed by atoms with Gasteiger partial charge < -0.3 is 14.6 Å². The smallest absolute Gasteiger partial charge is 0.333 e. The van der Waals surface area contributed by atoms with E-state index in [-0.39, 0.29) is 5.88 Å². The van der Waals surface area contributed by atoms with Crippen LogP contribution < -0.4 is 5.69 Å². The largest absolute Gasteiger partial charge is 0.493 e. The lowest BCUT2D eigenvalue weighted by molar-refractivity contribution is 0.391. The van der Waals surface area contributed by atoms with Gasteiger partial charge in [-0.1, -0.05) is 5.16 Å². The van der Waals surface area contributed by atoms with Crippen LogP contribution >= 0.6 is 0 Å². The zero-order chi connectivity index (χ0) is 15.1. The Morgan fingerprint density at radius 1 is 1.38 bits per heavy atom. The van der Waals surface area contributed by atoms with Gasteiger partial charge in [0.2, 0.25) is 5.88 Å². The number of aromatic nitrogens is 5. The zero-order valence-corrected chi connectivity index (χ0v) is 11.9. The van der Waals surface area contributed by atoms with Gasteiger partial charge in [-0.2, -0.15) is 5.10 Å². The van der Waals surface area contributed by atoms with E-state index in [2.05, 4.69) is 15.2 Å². The van der Waals surface area contributed by atoms with Crippen LogP contribution in [-0.2, 0) is 6.54 Å². The lowest BCUT2D eigenvalue weighted by atomic mass is 10.2. The molecule has 0 saturated carbocycles. The molecule has 0 aromatic carbocycles. The first-order valence-electron chi connectivity index (χ1n) is 6.42. The number of aromatic amines is 1. The van der Waals surface area contributed by atoms with Gasteiger partial charge in [0.1, 0.15) is 5.76 Å². The van der Waals surface area contributed by atoms with Crippen molar-refractivity contribution in [2.75, 3.05) is 0 Å². The lowest BCUT2D eigenvalue weighted by Crippen LogP contribution is -2.13. The van der Waals surface area contributed by atoms with E-state index in [0.29, 0.717) is 17.9 Å². The third-order valence-corrected chi connectivity index (χ3v) is 3.42. The van der Waals surface area contributed by atoms with Gasteiger partial charge >= 0.3 is 5.69 Å². The molecule has 0 aliphatic carbocycles. The molecule has 0 amide bonds. The van der Waals surface area contributed by atoms with Crippen LogP contribution in [0.3, 0.4) is 0 Å². The minimum atomic E-state index is -0.401. The number of aryl methyl sites for hydroxylation is 3. The zero-order valence-electron chi connectivity index (χ0n) is 11.9. The summed E-state index contributed by atoms with van der Waals surface area (Å²) in [5.41, 5.74) is 2.27. The fourth-order valence-electron chi connectivity index (χ4n) is 2.22. The molecule has 110 valence electrons. The number of hydrogen-bond acceptors (Lipinski definition) is 5. The molecule has 0 radical (unpaired) electrons. The van der Waals surface area contributed by atoms with Gasteiger partial charge in [-0.25, -0.2) is 9.36 Å². The third kappa shape index (κ3) is 2.14. The van der Waals surface area contributed by atoms with Crippen LogP contribution in [0.25, 0.3) is 5.69 Å². The molecule has 0 fully saturated rings. The van der Waals surface area contributed by atoms with Gasteiger partial charge in [0.25, 0.3) is 0 Å². The van der Waals surface area contributed by atoms with Gasteiger partial charge in [-0.05, 0) is 20.8 Å². The van der Waals surface area contributed by atoms with Crippen molar-refractivity contribution >= 4 is 0 Å². The summed E-state index contributed by atoms with van der Waals surface area (Å²) in [4.78, 5) is 14.3. The Hall–Kier alpha value is -2.77. The molecule has 0 bridgehead atoms. The van der Waals surface area contributed by atoms with Gasteiger partial charge in [0.05, 0.1) is 29.8 Å². The quantitative estimate of drug-likeness (QED) is 0.749. The maximum absolute atomic E-state index is 11.8. The van der Waals surface area contributed by atoms with Crippen LogP contribution in [0.2, 0.25) is 0 Å². The van der Waals surface area contributed by atoms with Crippen LogP contribution in [-0.4, -0.2) is 29.6 Å². The van der Waals surface area contributed by atoms with E-state index in [1.165, 1.54) is 10.8 Å². The molecule has 3 rings (SSSR count). The first-order valence-corrected chi connectivity index (χ1v) is 6.42. The molecule has 0 saturated heterocycles. The normalized spacial score (nSPS) is 11.2. The SMILES string of the molecule is Cc1noc(C)c1Cn1cc(-n2c(O)c(C)[nH]c2=O)cn1. The predicted molar refractivity (Wildman–Crippen MR) is 73.7 cm³/mol. The van der Waals surface area contributed by atoms with Crippen molar-refractivity contribution in [3.05, 3.63) is 45.6 Å². The van der Waals surface area contributed by atoms with Gasteiger partial charge in [0.15, 0.2) is 0 Å². The van der Waals surface area contributed by atoms with Crippen LogP contribution in [0.5, 0.6) is 5.88 Å². The number of imidazole rings is 1. The summed E-state index contributed by atoms with van der Waals surface area (Å²) in [6.45, 7) is 5.81. The van der Waals surface area contributed by atoms with E-state index in [0.717, 1.165) is 17.0 Å². The second-order valence-electron chi connectivity index (χ2n) is 4.91. The Kier molecular flexibility index (Phi) is 2.93. The fourth-order valence-corrected chi connectivity index (χ4v) is 2.22. The first kappa shape index (κ1) is 13.2.